The van der Waals surface area contributed by atoms with E-state index in [0.717, 1.165) is 31.7 Å². The molecule has 0 saturated carbocycles. The van der Waals surface area contributed by atoms with Crippen molar-refractivity contribution in [2.24, 2.45) is 0 Å². The predicted molar refractivity (Wildman–Crippen MR) is 107 cm³/mol. The number of piperazine rings is 1. The molecule has 1 aromatic heterocycles. The van der Waals surface area contributed by atoms with Gasteiger partial charge in [-0.25, -0.2) is 5.01 Å². The van der Waals surface area contributed by atoms with Gasteiger partial charge >= 0.3 is 0 Å². The Bertz CT molecular complexity index is 1020. The molecule has 1 aliphatic heterocycles. The highest BCUT2D eigenvalue weighted by Gasteiger charge is 2.23. The Morgan fingerprint density at radius 3 is 2.50 bits per heavy atom. The smallest absolute Gasteiger partial charge is 0.282 e. The third kappa shape index (κ3) is 3.47. The van der Waals surface area contributed by atoms with Crippen LogP contribution in [0.3, 0.4) is 0 Å². The molecule has 0 atom stereocenters. The molecule has 3 aromatic rings. The number of nitro benzene ring substituents is 1. The lowest BCUT2D eigenvalue weighted by Crippen LogP contribution is -2.52. The van der Waals surface area contributed by atoms with Crippen molar-refractivity contribution in [3.63, 3.8) is 0 Å². The lowest BCUT2D eigenvalue weighted by atomic mass is 10.0. The zero-order chi connectivity index (χ0) is 19.7. The van der Waals surface area contributed by atoms with Crippen molar-refractivity contribution in [2.75, 3.05) is 33.2 Å². The Kier molecular flexibility index (Phi) is 4.81. The van der Waals surface area contributed by atoms with Gasteiger partial charge in [0.15, 0.2) is 0 Å². The van der Waals surface area contributed by atoms with E-state index in [2.05, 4.69) is 22.4 Å². The van der Waals surface area contributed by atoms with Crippen LogP contribution in [0.15, 0.2) is 48.5 Å². The van der Waals surface area contributed by atoms with Crippen LogP contribution in [0.4, 0.5) is 5.69 Å². The Balaban J connectivity index is 1.76. The van der Waals surface area contributed by atoms with E-state index in [1.165, 1.54) is 12.1 Å². The number of H-pyrrole nitrogens is 1. The maximum atomic E-state index is 13.0. The molecule has 0 unspecified atom stereocenters. The molecule has 0 radical (unpaired) electrons. The Morgan fingerprint density at radius 2 is 1.82 bits per heavy atom. The topological polar surface area (TPSA) is 94.5 Å². The van der Waals surface area contributed by atoms with E-state index in [-0.39, 0.29) is 11.6 Å². The van der Waals surface area contributed by atoms with E-state index >= 15 is 0 Å². The molecule has 2 N–H and O–H groups in total. The Labute approximate surface area is 161 Å². The molecule has 1 aliphatic rings. The van der Waals surface area contributed by atoms with Crippen LogP contribution in [0.25, 0.3) is 22.0 Å². The molecule has 2 aromatic carbocycles. The van der Waals surface area contributed by atoms with Crippen molar-refractivity contribution >= 4 is 22.5 Å². The van der Waals surface area contributed by atoms with Crippen molar-refractivity contribution in [1.82, 2.24) is 20.3 Å². The number of amides is 1. The highest BCUT2D eigenvalue weighted by atomic mass is 16.6. The zero-order valence-corrected chi connectivity index (χ0v) is 15.5. The van der Waals surface area contributed by atoms with Gasteiger partial charge in [-0.3, -0.25) is 20.3 Å². The van der Waals surface area contributed by atoms with E-state index in [9.17, 15) is 14.9 Å². The molecule has 4 rings (SSSR count). The van der Waals surface area contributed by atoms with Gasteiger partial charge in [-0.05, 0) is 18.7 Å². The number of non-ortho nitro benzene ring substituents is 1. The van der Waals surface area contributed by atoms with Crippen LogP contribution >= 0.6 is 0 Å². The second-order valence-electron chi connectivity index (χ2n) is 6.96. The lowest BCUT2D eigenvalue weighted by Gasteiger charge is -2.32. The van der Waals surface area contributed by atoms with Crippen LogP contribution in [0.2, 0.25) is 0 Å². The summed E-state index contributed by atoms with van der Waals surface area (Å²) < 4.78 is 0. The van der Waals surface area contributed by atoms with Crippen LogP contribution in [0.1, 0.15) is 10.5 Å². The van der Waals surface area contributed by atoms with E-state index < -0.39 is 4.92 Å². The van der Waals surface area contributed by atoms with Gasteiger partial charge in [-0.2, -0.15) is 0 Å². The molecule has 144 valence electrons. The fraction of sp³-hybridized carbons (Fsp3) is 0.250. The number of hydrogen-bond donors (Lipinski definition) is 2. The van der Waals surface area contributed by atoms with Gasteiger partial charge in [-0.15, -0.1) is 0 Å². The number of carbonyl (C=O) groups excluding carboxylic acids is 1. The van der Waals surface area contributed by atoms with Gasteiger partial charge < -0.3 is 9.88 Å². The number of likely N-dealkylation sites (N-methyl/N-ethyl adjacent to an activating group) is 1. The summed E-state index contributed by atoms with van der Waals surface area (Å²) in [5.41, 5.74) is 5.56. The fourth-order valence-electron chi connectivity index (χ4n) is 3.49. The number of aromatic amines is 1. The maximum Gasteiger partial charge on any atom is 0.282 e. The fourth-order valence-corrected chi connectivity index (χ4v) is 3.49. The minimum Gasteiger partial charge on any atom is -0.350 e. The number of nitro groups is 1. The van der Waals surface area contributed by atoms with Gasteiger partial charge in [-0.1, -0.05) is 30.3 Å². The molecule has 2 heterocycles. The molecule has 0 spiro atoms. The normalized spacial score (nSPS) is 15.6. The minimum atomic E-state index is -0.425. The maximum absolute atomic E-state index is 13.0. The lowest BCUT2D eigenvalue weighted by molar-refractivity contribution is -0.384. The van der Waals surface area contributed by atoms with Crippen LogP contribution in [-0.4, -0.2) is 58.9 Å². The highest BCUT2D eigenvalue weighted by molar-refractivity contribution is 6.10. The second kappa shape index (κ2) is 7.41. The first-order valence-electron chi connectivity index (χ1n) is 9.13. The summed E-state index contributed by atoms with van der Waals surface area (Å²) in [7, 11) is 2.05. The number of rotatable bonds is 4. The van der Waals surface area contributed by atoms with Gasteiger partial charge in [0.25, 0.3) is 11.6 Å². The summed E-state index contributed by atoms with van der Waals surface area (Å²) in [6.45, 7) is 3.25. The number of hydrazine groups is 1. The van der Waals surface area contributed by atoms with Crippen LogP contribution in [-0.2, 0) is 0 Å². The van der Waals surface area contributed by atoms with Gasteiger partial charge in [0, 0.05) is 54.8 Å². The van der Waals surface area contributed by atoms with Crippen molar-refractivity contribution in [2.45, 2.75) is 0 Å². The van der Waals surface area contributed by atoms with E-state index in [1.807, 2.05) is 35.3 Å². The molecule has 0 aliphatic carbocycles. The van der Waals surface area contributed by atoms with Gasteiger partial charge in [0.05, 0.1) is 4.92 Å². The van der Waals surface area contributed by atoms with Crippen molar-refractivity contribution < 1.29 is 9.72 Å². The highest BCUT2D eigenvalue weighted by Crippen LogP contribution is 2.34. The van der Waals surface area contributed by atoms with Crippen LogP contribution in [0.5, 0.6) is 0 Å². The molecule has 28 heavy (non-hydrogen) atoms. The molecule has 0 bridgehead atoms. The number of nitrogens with one attached hydrogen (secondary N) is 2. The number of hydrogen-bond acceptors (Lipinski definition) is 5. The average molecular weight is 379 g/mol. The minimum absolute atomic E-state index is 0.00490. The molecule has 1 fully saturated rings. The van der Waals surface area contributed by atoms with E-state index in [0.29, 0.717) is 22.2 Å². The number of nitrogens with zero attached hydrogens (tertiary/aromatic N) is 3. The number of carbonyl (C=O) groups is 1. The molecule has 1 amide bonds. The first kappa shape index (κ1) is 18.1. The molecular weight excluding hydrogens is 358 g/mol. The third-order valence-electron chi connectivity index (χ3n) is 5.05. The largest absolute Gasteiger partial charge is 0.350 e. The Hall–Kier alpha value is -3.23. The summed E-state index contributed by atoms with van der Waals surface area (Å²) in [6, 6.07) is 14.1. The monoisotopic (exact) mass is 379 g/mol. The van der Waals surface area contributed by atoms with Crippen LogP contribution < -0.4 is 5.43 Å². The first-order chi connectivity index (χ1) is 13.5. The van der Waals surface area contributed by atoms with E-state index in [1.54, 1.807) is 6.07 Å². The number of aromatic nitrogens is 1. The summed E-state index contributed by atoms with van der Waals surface area (Å²) in [5.74, 6) is -0.248. The Morgan fingerprint density at radius 1 is 1.11 bits per heavy atom. The summed E-state index contributed by atoms with van der Waals surface area (Å²) in [4.78, 5) is 29.2. The summed E-state index contributed by atoms with van der Waals surface area (Å²) in [6.07, 6.45) is 0. The predicted octanol–water partition coefficient (Wildman–Crippen LogP) is 2.64. The zero-order valence-electron chi connectivity index (χ0n) is 15.5. The number of benzene rings is 2. The quantitative estimate of drug-likeness (QED) is 0.537. The number of fused-ring (bicyclic) bond motifs is 1. The van der Waals surface area contributed by atoms with Crippen molar-refractivity contribution in [3.05, 3.63) is 64.3 Å². The average Bonchev–Trinajstić information content (AvgIpc) is 3.09. The summed E-state index contributed by atoms with van der Waals surface area (Å²) >= 11 is 0. The second-order valence-corrected chi connectivity index (χ2v) is 6.96. The summed E-state index contributed by atoms with van der Waals surface area (Å²) in [5, 5.41) is 13.8. The molecular formula is C20H21N5O3. The van der Waals surface area contributed by atoms with Crippen molar-refractivity contribution in [3.8, 4) is 11.1 Å². The van der Waals surface area contributed by atoms with Gasteiger partial charge in [0.2, 0.25) is 0 Å². The molecule has 8 nitrogen and oxygen atoms in total. The van der Waals surface area contributed by atoms with Crippen molar-refractivity contribution in [1.29, 1.82) is 0 Å². The van der Waals surface area contributed by atoms with E-state index in [4.69, 9.17) is 0 Å². The van der Waals surface area contributed by atoms with Gasteiger partial charge in [0.1, 0.15) is 5.69 Å². The SMILES string of the molecule is CN1CCN(NC(=O)c2[nH]c3ccc([N+](=O)[O-])cc3c2-c2ccccc2)CC1. The first-order valence-corrected chi connectivity index (χ1v) is 9.13. The van der Waals surface area contributed by atoms with Crippen LogP contribution in [0, 0.1) is 10.1 Å². The molecule has 1 saturated heterocycles. The third-order valence-corrected chi connectivity index (χ3v) is 5.05. The molecule has 8 heteroatoms. The standard InChI is InChI=1S/C20H21N5O3/c1-23-9-11-24(12-10-23)22-20(26)19-18(14-5-3-2-4-6-14)16-13-15(25(27)28)7-8-17(16)21-19/h2-8,13,21H,9-12H2,1H3,(H,22,26).